The number of aliphatic hydroxyl groups is 1. The Morgan fingerprint density at radius 2 is 2.33 bits per heavy atom. The van der Waals surface area contributed by atoms with Crippen molar-refractivity contribution in [3.63, 3.8) is 0 Å². The number of benzene rings is 1. The van der Waals surface area contributed by atoms with Gasteiger partial charge >= 0.3 is 0 Å². The molecule has 100 valence electrons. The van der Waals surface area contributed by atoms with E-state index in [2.05, 4.69) is 17.0 Å². The second-order valence-electron chi connectivity index (χ2n) is 4.80. The van der Waals surface area contributed by atoms with Crippen LogP contribution in [0.15, 0.2) is 18.2 Å². The summed E-state index contributed by atoms with van der Waals surface area (Å²) in [6, 6.07) is 6.46. The van der Waals surface area contributed by atoms with Crippen LogP contribution in [0.1, 0.15) is 24.0 Å². The number of ether oxygens (including phenoxy) is 1. The van der Waals surface area contributed by atoms with E-state index >= 15 is 0 Å². The van der Waals surface area contributed by atoms with Crippen molar-refractivity contribution in [1.29, 1.82) is 0 Å². The van der Waals surface area contributed by atoms with Crippen molar-refractivity contribution in [2.24, 2.45) is 5.73 Å². The highest BCUT2D eigenvalue weighted by atomic mass is 16.5. The number of methoxy groups -OCH3 is 1. The average Bonchev–Trinajstić information content (AvgIpc) is 2.85. The van der Waals surface area contributed by atoms with E-state index in [-0.39, 0.29) is 6.61 Å². The van der Waals surface area contributed by atoms with Gasteiger partial charge in [-0.2, -0.15) is 0 Å². The standard InChI is InChI=1S/C14H22N2O2/c1-18-14-5-4-11(7-12(14)8-15)9-16-6-2-3-13(16)10-17/h4-5,7,13,17H,2-3,6,8-10,15H2,1H3. The number of hydrogen-bond donors (Lipinski definition) is 2. The molecule has 1 atom stereocenters. The van der Waals surface area contributed by atoms with E-state index < -0.39 is 0 Å². The molecule has 0 saturated carbocycles. The highest BCUT2D eigenvalue weighted by Crippen LogP contribution is 2.23. The molecule has 4 nitrogen and oxygen atoms in total. The van der Waals surface area contributed by atoms with Gasteiger partial charge in [0.2, 0.25) is 0 Å². The Bertz CT molecular complexity index is 395. The topological polar surface area (TPSA) is 58.7 Å². The van der Waals surface area contributed by atoms with Crippen molar-refractivity contribution in [2.45, 2.75) is 32.0 Å². The molecule has 2 rings (SSSR count). The third-order valence-electron chi connectivity index (χ3n) is 3.66. The second kappa shape index (κ2) is 6.18. The van der Waals surface area contributed by atoms with Crippen LogP contribution in [-0.2, 0) is 13.1 Å². The quantitative estimate of drug-likeness (QED) is 0.822. The highest BCUT2D eigenvalue weighted by molar-refractivity contribution is 5.37. The van der Waals surface area contributed by atoms with Crippen LogP contribution in [0, 0.1) is 0 Å². The average molecular weight is 250 g/mol. The van der Waals surface area contributed by atoms with Gasteiger partial charge in [0.15, 0.2) is 0 Å². The fourth-order valence-electron chi connectivity index (χ4n) is 2.63. The predicted molar refractivity (Wildman–Crippen MR) is 71.4 cm³/mol. The Morgan fingerprint density at radius 1 is 1.50 bits per heavy atom. The lowest BCUT2D eigenvalue weighted by atomic mass is 10.1. The first kappa shape index (κ1) is 13.3. The van der Waals surface area contributed by atoms with E-state index in [1.54, 1.807) is 7.11 Å². The van der Waals surface area contributed by atoms with E-state index in [9.17, 15) is 5.11 Å². The largest absolute Gasteiger partial charge is 0.496 e. The van der Waals surface area contributed by atoms with Gasteiger partial charge < -0.3 is 15.6 Å². The van der Waals surface area contributed by atoms with Gasteiger partial charge in [-0.15, -0.1) is 0 Å². The van der Waals surface area contributed by atoms with Gasteiger partial charge in [0.05, 0.1) is 13.7 Å². The van der Waals surface area contributed by atoms with Gasteiger partial charge in [0, 0.05) is 24.7 Å². The van der Waals surface area contributed by atoms with Crippen LogP contribution in [0.25, 0.3) is 0 Å². The van der Waals surface area contributed by atoms with Crippen molar-refractivity contribution < 1.29 is 9.84 Å². The summed E-state index contributed by atoms with van der Waals surface area (Å²) in [5.41, 5.74) is 7.99. The first-order valence-electron chi connectivity index (χ1n) is 6.49. The predicted octanol–water partition coefficient (Wildman–Crippen LogP) is 1.11. The molecular weight excluding hydrogens is 228 g/mol. The first-order chi connectivity index (χ1) is 8.78. The molecule has 18 heavy (non-hydrogen) atoms. The third kappa shape index (κ3) is 2.83. The normalized spacial score (nSPS) is 20.3. The Balaban J connectivity index is 2.09. The molecule has 0 radical (unpaired) electrons. The molecule has 1 aliphatic rings. The number of hydrogen-bond acceptors (Lipinski definition) is 4. The zero-order chi connectivity index (χ0) is 13.0. The fraction of sp³-hybridized carbons (Fsp3) is 0.571. The van der Waals surface area contributed by atoms with Crippen molar-refractivity contribution in [3.05, 3.63) is 29.3 Å². The molecule has 0 aliphatic carbocycles. The molecule has 1 saturated heterocycles. The molecule has 1 aromatic rings. The summed E-state index contributed by atoms with van der Waals surface area (Å²) in [4.78, 5) is 2.34. The molecule has 0 bridgehead atoms. The SMILES string of the molecule is COc1ccc(CN2CCCC2CO)cc1CN. The lowest BCUT2D eigenvalue weighted by Crippen LogP contribution is -2.31. The molecule has 0 spiro atoms. The summed E-state index contributed by atoms with van der Waals surface area (Å²) >= 11 is 0. The molecule has 1 heterocycles. The zero-order valence-corrected chi connectivity index (χ0v) is 10.9. The summed E-state index contributed by atoms with van der Waals surface area (Å²) in [6.45, 7) is 2.68. The van der Waals surface area contributed by atoms with Gasteiger partial charge in [-0.1, -0.05) is 6.07 Å². The molecule has 1 unspecified atom stereocenters. The number of rotatable bonds is 5. The summed E-state index contributed by atoms with van der Waals surface area (Å²) in [5.74, 6) is 0.849. The lowest BCUT2D eigenvalue weighted by Gasteiger charge is -2.23. The Morgan fingerprint density at radius 3 is 3.00 bits per heavy atom. The Hall–Kier alpha value is -1.10. The number of nitrogens with two attached hydrogens (primary N) is 1. The second-order valence-corrected chi connectivity index (χ2v) is 4.80. The molecule has 0 amide bonds. The van der Waals surface area contributed by atoms with Crippen LogP contribution in [0.4, 0.5) is 0 Å². The van der Waals surface area contributed by atoms with Gasteiger partial charge in [0.25, 0.3) is 0 Å². The van der Waals surface area contributed by atoms with E-state index in [1.807, 2.05) is 6.07 Å². The fourth-order valence-corrected chi connectivity index (χ4v) is 2.63. The summed E-state index contributed by atoms with van der Waals surface area (Å²) in [6.07, 6.45) is 2.27. The van der Waals surface area contributed by atoms with Crippen LogP contribution >= 0.6 is 0 Å². The number of nitrogens with zero attached hydrogens (tertiary/aromatic N) is 1. The molecule has 0 aromatic heterocycles. The zero-order valence-electron chi connectivity index (χ0n) is 10.9. The van der Waals surface area contributed by atoms with Crippen molar-refractivity contribution in [2.75, 3.05) is 20.3 Å². The van der Waals surface area contributed by atoms with Crippen molar-refractivity contribution >= 4 is 0 Å². The van der Waals surface area contributed by atoms with Crippen molar-refractivity contribution in [3.8, 4) is 5.75 Å². The van der Waals surface area contributed by atoms with Crippen LogP contribution in [0.3, 0.4) is 0 Å². The summed E-state index contributed by atoms with van der Waals surface area (Å²) in [5, 5.41) is 9.32. The van der Waals surface area contributed by atoms with Crippen LogP contribution in [0.2, 0.25) is 0 Å². The maximum Gasteiger partial charge on any atom is 0.123 e. The Kier molecular flexibility index (Phi) is 4.58. The minimum Gasteiger partial charge on any atom is -0.496 e. The molecule has 1 aromatic carbocycles. The molecule has 1 fully saturated rings. The molecular formula is C14H22N2O2. The van der Waals surface area contributed by atoms with Gasteiger partial charge in [-0.05, 0) is 37.1 Å². The van der Waals surface area contributed by atoms with Gasteiger partial charge in [-0.3, -0.25) is 4.90 Å². The highest BCUT2D eigenvalue weighted by Gasteiger charge is 2.23. The van der Waals surface area contributed by atoms with E-state index in [0.717, 1.165) is 30.8 Å². The van der Waals surface area contributed by atoms with Gasteiger partial charge in [-0.25, -0.2) is 0 Å². The molecule has 1 aliphatic heterocycles. The van der Waals surface area contributed by atoms with Crippen molar-refractivity contribution in [1.82, 2.24) is 4.90 Å². The summed E-state index contributed by atoms with van der Waals surface area (Å²) < 4.78 is 5.27. The van der Waals surface area contributed by atoms with E-state index in [4.69, 9.17) is 10.5 Å². The van der Waals surface area contributed by atoms with Crippen LogP contribution in [0.5, 0.6) is 5.75 Å². The maximum atomic E-state index is 9.32. The van der Waals surface area contributed by atoms with Gasteiger partial charge in [0.1, 0.15) is 5.75 Å². The molecule has 3 N–H and O–H groups in total. The Labute approximate surface area is 108 Å². The lowest BCUT2D eigenvalue weighted by molar-refractivity contribution is 0.153. The van der Waals surface area contributed by atoms with Crippen LogP contribution < -0.4 is 10.5 Å². The number of likely N-dealkylation sites (tertiary alicyclic amines) is 1. The maximum absolute atomic E-state index is 9.32. The molecule has 4 heteroatoms. The van der Waals surface area contributed by atoms with E-state index in [1.165, 1.54) is 12.0 Å². The smallest absolute Gasteiger partial charge is 0.123 e. The van der Waals surface area contributed by atoms with Crippen LogP contribution in [-0.4, -0.2) is 36.3 Å². The first-order valence-corrected chi connectivity index (χ1v) is 6.49. The number of aliphatic hydroxyl groups excluding tert-OH is 1. The third-order valence-corrected chi connectivity index (χ3v) is 3.66. The van der Waals surface area contributed by atoms with E-state index in [0.29, 0.717) is 12.6 Å². The summed E-state index contributed by atoms with van der Waals surface area (Å²) in [7, 11) is 1.66. The monoisotopic (exact) mass is 250 g/mol. The minimum absolute atomic E-state index is 0.250. The minimum atomic E-state index is 0.250.